The summed E-state index contributed by atoms with van der Waals surface area (Å²) >= 11 is 0. The Balaban J connectivity index is 2.86. The van der Waals surface area contributed by atoms with Crippen molar-refractivity contribution in [1.82, 2.24) is 20.2 Å². The van der Waals surface area contributed by atoms with E-state index in [9.17, 15) is 18.0 Å². The van der Waals surface area contributed by atoms with Gasteiger partial charge in [0.05, 0.1) is 21.3 Å². The van der Waals surface area contributed by atoms with Gasteiger partial charge < -0.3 is 14.2 Å². The molecule has 0 aliphatic carbocycles. The summed E-state index contributed by atoms with van der Waals surface area (Å²) in [6.07, 6.45) is -4.43. The van der Waals surface area contributed by atoms with E-state index in [-0.39, 0.29) is 28.5 Å². The molecule has 1 aromatic heterocycles. The molecule has 2 rings (SSSR count). The van der Waals surface area contributed by atoms with Gasteiger partial charge in [0.25, 0.3) is 5.82 Å². The summed E-state index contributed by atoms with van der Waals surface area (Å²) in [5, 5.41) is 9.30. The van der Waals surface area contributed by atoms with Gasteiger partial charge in [-0.25, -0.2) is 0 Å². The third kappa shape index (κ3) is 2.76. The van der Waals surface area contributed by atoms with Crippen LogP contribution in [0.15, 0.2) is 6.07 Å². The van der Waals surface area contributed by atoms with Gasteiger partial charge in [-0.1, -0.05) is 0 Å². The molecule has 0 N–H and O–H groups in total. The number of halogens is 3. The summed E-state index contributed by atoms with van der Waals surface area (Å²) in [7, 11) is 3.71. The molecule has 0 unspecified atom stereocenters. The molecule has 0 saturated heterocycles. The molecule has 2 aromatic rings. The van der Waals surface area contributed by atoms with Crippen molar-refractivity contribution >= 4 is 6.29 Å². The maximum Gasteiger partial charge on any atom is 0.453 e. The van der Waals surface area contributed by atoms with E-state index in [2.05, 4.69) is 15.5 Å². The van der Waals surface area contributed by atoms with Crippen LogP contribution in [0.3, 0.4) is 0 Å². The van der Waals surface area contributed by atoms with Gasteiger partial charge in [-0.2, -0.15) is 17.9 Å². The van der Waals surface area contributed by atoms with Crippen LogP contribution < -0.4 is 14.2 Å². The fraction of sp³-hybridized carbons (Fsp3) is 0.333. The average Bonchev–Trinajstić information content (AvgIpc) is 3.01. The molecule has 8 nitrogen and oxygen atoms in total. The number of hydrogen-bond acceptors (Lipinski definition) is 7. The highest BCUT2D eigenvalue weighted by atomic mass is 19.4. The van der Waals surface area contributed by atoms with Gasteiger partial charge in [0.1, 0.15) is 11.3 Å². The lowest BCUT2D eigenvalue weighted by Gasteiger charge is -2.18. The summed E-state index contributed by atoms with van der Waals surface area (Å²) in [6.45, 7) is 0. The lowest BCUT2D eigenvalue weighted by atomic mass is 10.1. The van der Waals surface area contributed by atoms with E-state index in [0.717, 1.165) is 0 Å². The molecule has 1 aromatic carbocycles. The zero-order valence-corrected chi connectivity index (χ0v) is 12.2. The van der Waals surface area contributed by atoms with Crippen LogP contribution in [0.5, 0.6) is 17.2 Å². The molecule has 0 amide bonds. The monoisotopic (exact) mass is 332 g/mol. The van der Waals surface area contributed by atoms with Crippen LogP contribution in [-0.2, 0) is 6.18 Å². The molecule has 23 heavy (non-hydrogen) atoms. The standard InChI is InChI=1S/C12H11F3N4O4/c1-21-7-4-8(22-2)9(10(23-3)6(7)5-20)19-11(12(13,14)15)16-17-18-19/h4-5H,1-3H3. The summed E-state index contributed by atoms with van der Waals surface area (Å²) in [5.41, 5.74) is -0.371. The molecule has 0 atom stereocenters. The fourth-order valence-electron chi connectivity index (χ4n) is 1.97. The van der Waals surface area contributed by atoms with E-state index in [0.29, 0.717) is 11.0 Å². The lowest BCUT2D eigenvalue weighted by molar-refractivity contribution is -0.146. The van der Waals surface area contributed by atoms with Gasteiger partial charge in [0, 0.05) is 6.07 Å². The second-order valence-electron chi connectivity index (χ2n) is 4.11. The Hall–Kier alpha value is -2.85. The highest BCUT2D eigenvalue weighted by molar-refractivity contribution is 5.88. The molecule has 11 heteroatoms. The minimum atomic E-state index is -4.82. The summed E-state index contributed by atoms with van der Waals surface area (Å²) < 4.78 is 54.6. The Morgan fingerprint density at radius 3 is 2.26 bits per heavy atom. The van der Waals surface area contributed by atoms with E-state index in [1.165, 1.54) is 27.4 Å². The minimum Gasteiger partial charge on any atom is -0.496 e. The first-order chi connectivity index (χ1) is 10.9. The predicted molar refractivity (Wildman–Crippen MR) is 69.2 cm³/mol. The Morgan fingerprint density at radius 2 is 1.78 bits per heavy atom. The molecular weight excluding hydrogens is 321 g/mol. The van der Waals surface area contributed by atoms with Crippen LogP contribution in [0.4, 0.5) is 13.2 Å². The van der Waals surface area contributed by atoms with Crippen molar-refractivity contribution in [1.29, 1.82) is 0 Å². The minimum absolute atomic E-state index is 0.0675. The quantitative estimate of drug-likeness (QED) is 0.767. The Morgan fingerprint density at radius 1 is 1.13 bits per heavy atom. The van der Waals surface area contributed by atoms with Gasteiger partial charge in [-0.05, 0) is 10.4 Å². The largest absolute Gasteiger partial charge is 0.496 e. The Labute approximate surface area is 127 Å². The molecule has 0 aliphatic heterocycles. The molecule has 0 bridgehead atoms. The van der Waals surface area contributed by atoms with Gasteiger partial charge in [0.15, 0.2) is 23.5 Å². The number of carbonyl (C=O) groups is 1. The van der Waals surface area contributed by atoms with Crippen molar-refractivity contribution in [2.24, 2.45) is 0 Å². The highest BCUT2D eigenvalue weighted by Gasteiger charge is 2.40. The summed E-state index contributed by atoms with van der Waals surface area (Å²) in [5.74, 6) is -1.61. The van der Waals surface area contributed by atoms with Crippen LogP contribution in [0.25, 0.3) is 5.69 Å². The van der Waals surface area contributed by atoms with Crippen molar-refractivity contribution in [2.75, 3.05) is 21.3 Å². The zero-order valence-electron chi connectivity index (χ0n) is 12.2. The normalized spacial score (nSPS) is 11.2. The number of nitrogens with zero attached hydrogens (tertiary/aromatic N) is 4. The van der Waals surface area contributed by atoms with E-state index in [1.54, 1.807) is 0 Å². The van der Waals surface area contributed by atoms with Gasteiger partial charge in [-0.15, -0.1) is 5.10 Å². The highest BCUT2D eigenvalue weighted by Crippen LogP contribution is 2.42. The van der Waals surface area contributed by atoms with E-state index in [4.69, 9.17) is 14.2 Å². The van der Waals surface area contributed by atoms with Gasteiger partial charge in [0.2, 0.25) is 0 Å². The van der Waals surface area contributed by atoms with Crippen LogP contribution in [0.1, 0.15) is 16.2 Å². The molecule has 0 aliphatic rings. The first-order valence-corrected chi connectivity index (χ1v) is 6.03. The molecule has 0 radical (unpaired) electrons. The van der Waals surface area contributed by atoms with Gasteiger partial charge in [-0.3, -0.25) is 4.79 Å². The Kier molecular flexibility index (Phi) is 4.38. The predicted octanol–water partition coefficient (Wildman–Crippen LogP) is 1.52. The number of tetrazole rings is 1. The molecule has 124 valence electrons. The maximum atomic E-state index is 13.0. The van der Waals surface area contributed by atoms with Crippen LogP contribution in [0.2, 0.25) is 0 Å². The van der Waals surface area contributed by atoms with E-state index < -0.39 is 12.0 Å². The lowest BCUT2D eigenvalue weighted by Crippen LogP contribution is -2.16. The number of benzene rings is 1. The van der Waals surface area contributed by atoms with Gasteiger partial charge >= 0.3 is 6.18 Å². The van der Waals surface area contributed by atoms with Crippen molar-refractivity contribution in [3.63, 3.8) is 0 Å². The number of alkyl halides is 3. The SMILES string of the molecule is COc1cc(OC)c(-n2nnnc2C(F)(F)F)c(OC)c1C=O. The van der Waals surface area contributed by atoms with E-state index >= 15 is 0 Å². The summed E-state index contributed by atoms with van der Waals surface area (Å²) in [4.78, 5) is 11.3. The topological polar surface area (TPSA) is 88.4 Å². The first kappa shape index (κ1) is 16.5. The molecular formula is C12H11F3N4O4. The van der Waals surface area contributed by atoms with Crippen molar-refractivity contribution < 1.29 is 32.2 Å². The third-order valence-electron chi connectivity index (χ3n) is 2.92. The zero-order chi connectivity index (χ0) is 17.2. The fourth-order valence-corrected chi connectivity index (χ4v) is 1.97. The number of rotatable bonds is 5. The number of carbonyl (C=O) groups excluding carboxylic acids is 1. The number of aromatic nitrogens is 4. The second-order valence-corrected chi connectivity index (χ2v) is 4.11. The van der Waals surface area contributed by atoms with Crippen molar-refractivity contribution in [3.8, 4) is 22.9 Å². The Bertz CT molecular complexity index is 730. The molecule has 0 spiro atoms. The average molecular weight is 332 g/mol. The summed E-state index contributed by atoms with van der Waals surface area (Å²) in [6, 6.07) is 1.24. The number of hydrogen-bond donors (Lipinski definition) is 0. The van der Waals surface area contributed by atoms with Crippen molar-refractivity contribution in [2.45, 2.75) is 6.18 Å². The molecule has 1 heterocycles. The number of methoxy groups -OCH3 is 3. The van der Waals surface area contributed by atoms with Crippen LogP contribution in [0, 0.1) is 0 Å². The smallest absolute Gasteiger partial charge is 0.453 e. The first-order valence-electron chi connectivity index (χ1n) is 6.03. The number of ether oxygens (including phenoxy) is 3. The number of aldehydes is 1. The van der Waals surface area contributed by atoms with Crippen molar-refractivity contribution in [3.05, 3.63) is 17.5 Å². The van der Waals surface area contributed by atoms with Crippen LogP contribution in [-0.4, -0.2) is 47.8 Å². The van der Waals surface area contributed by atoms with Crippen LogP contribution >= 0.6 is 0 Å². The third-order valence-corrected chi connectivity index (χ3v) is 2.92. The second kappa shape index (κ2) is 6.10. The molecule has 0 saturated carbocycles. The molecule has 0 fully saturated rings. The maximum absolute atomic E-state index is 13.0. The van der Waals surface area contributed by atoms with E-state index in [1.807, 2.05) is 0 Å².